The third-order valence-corrected chi connectivity index (χ3v) is 3.15. The molecule has 0 aliphatic carbocycles. The number of rotatable bonds is 4. The van der Waals surface area contributed by atoms with Crippen LogP contribution in [0.2, 0.25) is 0 Å². The molecule has 2 rings (SSSR count). The molecule has 2 aromatic rings. The summed E-state index contributed by atoms with van der Waals surface area (Å²) in [7, 11) is 1.82. The zero-order valence-electron chi connectivity index (χ0n) is 11.5. The second-order valence-corrected chi connectivity index (χ2v) is 5.49. The molecule has 5 heteroatoms. The smallest absolute Gasteiger partial charge is 0.287 e. The Labute approximate surface area is 112 Å². The molecule has 1 heterocycles. The highest BCUT2D eigenvalue weighted by atomic mass is 16.3. The first kappa shape index (κ1) is 13.5. The maximum Gasteiger partial charge on any atom is 0.287 e. The second-order valence-electron chi connectivity index (χ2n) is 5.49. The summed E-state index contributed by atoms with van der Waals surface area (Å²) in [5.41, 5.74) is 1.39. The maximum atomic E-state index is 12.1. The van der Waals surface area contributed by atoms with Crippen LogP contribution in [0.3, 0.4) is 0 Å². The van der Waals surface area contributed by atoms with Crippen molar-refractivity contribution in [1.82, 2.24) is 14.9 Å². The fraction of sp³-hybridized carbons (Fsp3) is 0.429. The van der Waals surface area contributed by atoms with E-state index in [-0.39, 0.29) is 17.9 Å². The number of benzene rings is 1. The summed E-state index contributed by atoms with van der Waals surface area (Å²) < 4.78 is 1.77. The van der Waals surface area contributed by atoms with Gasteiger partial charge in [0.25, 0.3) is 5.91 Å². The van der Waals surface area contributed by atoms with Crippen LogP contribution in [0.1, 0.15) is 24.5 Å². The van der Waals surface area contributed by atoms with Crippen LogP contribution in [0, 0.1) is 5.41 Å². The molecule has 0 spiro atoms. The first-order chi connectivity index (χ1) is 8.94. The topological polar surface area (TPSA) is 67.2 Å². The van der Waals surface area contributed by atoms with Gasteiger partial charge in [-0.1, -0.05) is 26.0 Å². The van der Waals surface area contributed by atoms with E-state index in [0.29, 0.717) is 12.4 Å². The van der Waals surface area contributed by atoms with Crippen molar-refractivity contribution in [3.63, 3.8) is 0 Å². The summed E-state index contributed by atoms with van der Waals surface area (Å²) in [4.78, 5) is 16.4. The number of carbonyl (C=O) groups is 1. The van der Waals surface area contributed by atoms with Gasteiger partial charge in [0.15, 0.2) is 5.82 Å². The van der Waals surface area contributed by atoms with Crippen LogP contribution in [-0.2, 0) is 7.05 Å². The van der Waals surface area contributed by atoms with Crippen molar-refractivity contribution in [2.75, 3.05) is 13.2 Å². The second kappa shape index (κ2) is 5.01. The number of para-hydroxylation sites is 2. The number of aromatic nitrogens is 2. The normalized spacial score (nSPS) is 11.8. The number of aryl methyl sites for hydroxylation is 1. The van der Waals surface area contributed by atoms with Crippen molar-refractivity contribution in [2.24, 2.45) is 12.5 Å². The van der Waals surface area contributed by atoms with Gasteiger partial charge < -0.3 is 15.0 Å². The third kappa shape index (κ3) is 2.76. The average molecular weight is 261 g/mol. The van der Waals surface area contributed by atoms with Crippen molar-refractivity contribution in [1.29, 1.82) is 0 Å². The number of aliphatic hydroxyl groups is 1. The Morgan fingerprint density at radius 2 is 2.11 bits per heavy atom. The van der Waals surface area contributed by atoms with E-state index in [2.05, 4.69) is 10.3 Å². The standard InChI is InChI=1S/C14H19N3O2/c1-14(2,9-18)8-15-13(19)12-16-10-6-4-5-7-11(10)17(12)3/h4-7,18H,8-9H2,1-3H3,(H,15,19). The van der Waals surface area contributed by atoms with Gasteiger partial charge in [0.1, 0.15) is 0 Å². The summed E-state index contributed by atoms with van der Waals surface area (Å²) in [6, 6.07) is 7.62. The minimum Gasteiger partial charge on any atom is -0.396 e. The van der Waals surface area contributed by atoms with Crippen LogP contribution in [0.5, 0.6) is 0 Å². The molecular weight excluding hydrogens is 242 g/mol. The Morgan fingerprint density at radius 1 is 1.42 bits per heavy atom. The van der Waals surface area contributed by atoms with Crippen molar-refractivity contribution in [3.05, 3.63) is 30.1 Å². The molecule has 5 nitrogen and oxygen atoms in total. The summed E-state index contributed by atoms with van der Waals surface area (Å²) >= 11 is 0. The Hall–Kier alpha value is -1.88. The lowest BCUT2D eigenvalue weighted by Gasteiger charge is -2.21. The fourth-order valence-corrected chi connectivity index (χ4v) is 1.80. The van der Waals surface area contributed by atoms with Crippen molar-refractivity contribution >= 4 is 16.9 Å². The quantitative estimate of drug-likeness (QED) is 0.872. The molecular formula is C14H19N3O2. The minimum absolute atomic E-state index is 0.0236. The lowest BCUT2D eigenvalue weighted by atomic mass is 9.95. The van der Waals surface area contributed by atoms with Gasteiger partial charge in [0, 0.05) is 25.6 Å². The number of aliphatic hydroxyl groups excluding tert-OH is 1. The van der Waals surface area contributed by atoms with Gasteiger partial charge in [-0.25, -0.2) is 4.98 Å². The zero-order valence-corrected chi connectivity index (χ0v) is 11.5. The first-order valence-electron chi connectivity index (χ1n) is 6.25. The van der Waals surface area contributed by atoms with Crippen LogP contribution in [0.15, 0.2) is 24.3 Å². The number of hydrogen-bond acceptors (Lipinski definition) is 3. The minimum atomic E-state index is -0.333. The molecule has 19 heavy (non-hydrogen) atoms. The van der Waals surface area contributed by atoms with E-state index in [4.69, 9.17) is 0 Å². The van der Waals surface area contributed by atoms with Crippen LogP contribution >= 0.6 is 0 Å². The molecule has 0 saturated heterocycles. The number of nitrogens with one attached hydrogen (secondary N) is 1. The molecule has 102 valence electrons. The van der Waals surface area contributed by atoms with Gasteiger partial charge in [-0.3, -0.25) is 4.79 Å². The highest BCUT2D eigenvalue weighted by molar-refractivity contribution is 5.94. The predicted molar refractivity (Wildman–Crippen MR) is 73.9 cm³/mol. The number of carbonyl (C=O) groups excluding carboxylic acids is 1. The fourth-order valence-electron chi connectivity index (χ4n) is 1.80. The molecule has 1 aromatic carbocycles. The molecule has 2 N–H and O–H groups in total. The number of fused-ring (bicyclic) bond motifs is 1. The predicted octanol–water partition coefficient (Wildman–Crippen LogP) is 1.32. The highest BCUT2D eigenvalue weighted by Crippen LogP contribution is 2.15. The van der Waals surface area contributed by atoms with E-state index in [0.717, 1.165) is 11.0 Å². The Kier molecular flexibility index (Phi) is 3.57. The molecule has 0 aliphatic heterocycles. The van der Waals surface area contributed by atoms with Crippen LogP contribution in [0.25, 0.3) is 11.0 Å². The summed E-state index contributed by atoms with van der Waals surface area (Å²) in [6.07, 6.45) is 0. The molecule has 0 unspecified atom stereocenters. The SMILES string of the molecule is Cn1c(C(=O)NCC(C)(C)CO)nc2ccccc21. The lowest BCUT2D eigenvalue weighted by Crippen LogP contribution is -2.37. The zero-order chi connectivity index (χ0) is 14.0. The van der Waals surface area contributed by atoms with Crippen LogP contribution in [-0.4, -0.2) is 33.7 Å². The van der Waals surface area contributed by atoms with E-state index in [1.165, 1.54) is 0 Å². The Balaban J connectivity index is 2.20. The molecule has 1 aromatic heterocycles. The molecule has 0 atom stereocenters. The first-order valence-corrected chi connectivity index (χ1v) is 6.25. The van der Waals surface area contributed by atoms with E-state index in [9.17, 15) is 9.90 Å². The molecule has 0 saturated carbocycles. The Bertz CT molecular complexity index is 602. The molecule has 1 amide bonds. The maximum absolute atomic E-state index is 12.1. The summed E-state index contributed by atoms with van der Waals surface area (Å²) in [5.74, 6) is 0.162. The van der Waals surface area contributed by atoms with Crippen LogP contribution in [0.4, 0.5) is 0 Å². The van der Waals surface area contributed by atoms with Crippen LogP contribution < -0.4 is 5.32 Å². The average Bonchev–Trinajstić information content (AvgIpc) is 2.74. The molecule has 0 bridgehead atoms. The summed E-state index contributed by atoms with van der Waals surface area (Å²) in [5, 5.41) is 12.0. The molecule has 0 fully saturated rings. The van der Waals surface area contributed by atoms with Gasteiger partial charge in [-0.2, -0.15) is 0 Å². The largest absolute Gasteiger partial charge is 0.396 e. The third-order valence-electron chi connectivity index (χ3n) is 3.15. The van der Waals surface area contributed by atoms with Crippen molar-refractivity contribution < 1.29 is 9.90 Å². The van der Waals surface area contributed by atoms with Gasteiger partial charge in [-0.05, 0) is 12.1 Å². The molecule has 0 aliphatic rings. The van der Waals surface area contributed by atoms with Gasteiger partial charge in [0.05, 0.1) is 11.0 Å². The van der Waals surface area contributed by atoms with E-state index < -0.39 is 0 Å². The number of amides is 1. The molecule has 0 radical (unpaired) electrons. The number of hydrogen-bond donors (Lipinski definition) is 2. The van der Waals surface area contributed by atoms with E-state index in [1.54, 1.807) is 4.57 Å². The van der Waals surface area contributed by atoms with Crippen molar-refractivity contribution in [3.8, 4) is 0 Å². The van der Waals surface area contributed by atoms with E-state index in [1.807, 2.05) is 45.2 Å². The monoisotopic (exact) mass is 261 g/mol. The Morgan fingerprint density at radius 3 is 2.74 bits per heavy atom. The van der Waals surface area contributed by atoms with E-state index >= 15 is 0 Å². The number of imidazole rings is 1. The lowest BCUT2D eigenvalue weighted by molar-refractivity contribution is 0.0898. The van der Waals surface area contributed by atoms with Gasteiger partial charge in [0.2, 0.25) is 0 Å². The number of nitrogens with zero attached hydrogens (tertiary/aromatic N) is 2. The summed E-state index contributed by atoms with van der Waals surface area (Å²) in [6.45, 7) is 4.21. The van der Waals surface area contributed by atoms with Crippen molar-refractivity contribution in [2.45, 2.75) is 13.8 Å². The van der Waals surface area contributed by atoms with Gasteiger partial charge >= 0.3 is 0 Å². The highest BCUT2D eigenvalue weighted by Gasteiger charge is 2.20. The van der Waals surface area contributed by atoms with Gasteiger partial charge in [-0.15, -0.1) is 0 Å².